The fourth-order valence-electron chi connectivity index (χ4n) is 0.662. The Labute approximate surface area is 63.3 Å². The lowest BCUT2D eigenvalue weighted by Crippen LogP contribution is -2.22. The van der Waals surface area contributed by atoms with Crippen LogP contribution in [-0.2, 0) is 11.2 Å². The van der Waals surface area contributed by atoms with E-state index in [1.165, 1.54) is 12.5 Å². The second-order valence-electron chi connectivity index (χ2n) is 2.08. The molecule has 0 fully saturated rings. The molecule has 0 aliphatic heterocycles. The number of nitrogens with one attached hydrogen (secondary N) is 1. The Morgan fingerprint density at radius 1 is 1.82 bits per heavy atom. The molecule has 0 amide bonds. The number of rotatable bonds is 3. The number of nitrogens with two attached hydrogens (primary N) is 1. The van der Waals surface area contributed by atoms with Gasteiger partial charge in [0.15, 0.2) is 0 Å². The van der Waals surface area contributed by atoms with Crippen LogP contribution in [0, 0.1) is 6.04 Å². The van der Waals surface area contributed by atoms with Crippen LogP contribution in [0.4, 0.5) is 0 Å². The van der Waals surface area contributed by atoms with Crippen molar-refractivity contribution in [3.05, 3.63) is 24.3 Å². The van der Waals surface area contributed by atoms with Gasteiger partial charge in [0.05, 0.1) is 6.33 Å². The van der Waals surface area contributed by atoms with E-state index in [0.717, 1.165) is 0 Å². The van der Waals surface area contributed by atoms with E-state index < -0.39 is 5.97 Å². The summed E-state index contributed by atoms with van der Waals surface area (Å²) in [4.78, 5) is 16.7. The van der Waals surface area contributed by atoms with E-state index in [9.17, 15) is 4.79 Å². The van der Waals surface area contributed by atoms with Gasteiger partial charge in [0, 0.05) is 18.3 Å². The third kappa shape index (κ3) is 2.05. The molecule has 0 atom stereocenters. The summed E-state index contributed by atoms with van der Waals surface area (Å²) in [5, 5.41) is 8.38. The van der Waals surface area contributed by atoms with E-state index in [1.807, 2.05) is 0 Å². The molecule has 1 aromatic heterocycles. The molecular weight excluding hydrogens is 146 g/mol. The van der Waals surface area contributed by atoms with Gasteiger partial charge in [0.25, 0.3) is 0 Å². The number of imidazole rings is 1. The maximum Gasteiger partial charge on any atom is 0.326 e. The minimum Gasteiger partial charge on any atom is -0.480 e. The lowest BCUT2D eigenvalue weighted by molar-refractivity contribution is -0.135. The predicted octanol–water partition coefficient (Wildman–Crippen LogP) is -0.473. The third-order valence-corrected chi connectivity index (χ3v) is 1.21. The molecule has 0 aliphatic rings. The van der Waals surface area contributed by atoms with E-state index in [1.54, 1.807) is 0 Å². The molecule has 1 rings (SSSR count). The van der Waals surface area contributed by atoms with Crippen molar-refractivity contribution in [2.75, 3.05) is 0 Å². The van der Waals surface area contributed by atoms with E-state index in [2.05, 4.69) is 9.97 Å². The Balaban J connectivity index is 2.50. The molecule has 1 radical (unpaired) electrons. The summed E-state index contributed by atoms with van der Waals surface area (Å²) in [6.07, 6.45) is 3.22. The van der Waals surface area contributed by atoms with Crippen LogP contribution >= 0.6 is 0 Å². The maximum atomic E-state index is 10.2. The topological polar surface area (TPSA) is 92.0 Å². The van der Waals surface area contributed by atoms with Gasteiger partial charge in [-0.05, 0) is 0 Å². The highest BCUT2D eigenvalue weighted by Gasteiger charge is 2.13. The maximum absolute atomic E-state index is 10.2. The summed E-state index contributed by atoms with van der Waals surface area (Å²) < 4.78 is 0. The molecule has 11 heavy (non-hydrogen) atoms. The first kappa shape index (κ1) is 7.74. The first-order valence-corrected chi connectivity index (χ1v) is 3.02. The van der Waals surface area contributed by atoms with Gasteiger partial charge in [-0.15, -0.1) is 0 Å². The third-order valence-electron chi connectivity index (χ3n) is 1.21. The molecule has 5 nitrogen and oxygen atoms in total. The summed E-state index contributed by atoms with van der Waals surface area (Å²) in [6, 6.07) is -0.0887. The number of aromatic nitrogens is 2. The van der Waals surface area contributed by atoms with E-state index >= 15 is 0 Å². The fourth-order valence-corrected chi connectivity index (χ4v) is 0.662. The Bertz CT molecular complexity index is 232. The van der Waals surface area contributed by atoms with Gasteiger partial charge in [-0.1, -0.05) is 0 Å². The van der Waals surface area contributed by atoms with Crippen molar-refractivity contribution in [2.45, 2.75) is 6.42 Å². The molecule has 0 spiro atoms. The number of hydrogen-bond acceptors (Lipinski definition) is 3. The smallest absolute Gasteiger partial charge is 0.326 e. The largest absolute Gasteiger partial charge is 0.480 e. The summed E-state index contributed by atoms with van der Waals surface area (Å²) in [5.41, 5.74) is 5.88. The molecule has 0 aliphatic carbocycles. The first-order chi connectivity index (χ1) is 5.20. The molecule has 5 heteroatoms. The van der Waals surface area contributed by atoms with Crippen molar-refractivity contribution < 1.29 is 9.90 Å². The van der Waals surface area contributed by atoms with Crippen LogP contribution in [-0.4, -0.2) is 21.0 Å². The highest BCUT2D eigenvalue weighted by atomic mass is 16.4. The van der Waals surface area contributed by atoms with Crippen molar-refractivity contribution in [3.63, 3.8) is 0 Å². The lowest BCUT2D eigenvalue weighted by atomic mass is 10.2. The number of hydrogen-bond donors (Lipinski definition) is 3. The van der Waals surface area contributed by atoms with E-state index in [0.29, 0.717) is 5.69 Å². The Morgan fingerprint density at radius 2 is 2.55 bits per heavy atom. The van der Waals surface area contributed by atoms with Crippen LogP contribution in [0.2, 0.25) is 0 Å². The van der Waals surface area contributed by atoms with Gasteiger partial charge < -0.3 is 15.8 Å². The highest BCUT2D eigenvalue weighted by Crippen LogP contribution is 2.00. The Hall–Kier alpha value is -1.36. The summed E-state index contributed by atoms with van der Waals surface area (Å²) in [6.45, 7) is 0. The number of aliphatic carboxylic acids is 1. The fraction of sp³-hybridized carbons (Fsp3) is 0.167. The molecule has 1 heterocycles. The van der Waals surface area contributed by atoms with Gasteiger partial charge in [0.2, 0.25) is 0 Å². The molecule has 1 aromatic rings. The number of H-pyrrole nitrogens is 1. The average molecular weight is 154 g/mol. The second-order valence-corrected chi connectivity index (χ2v) is 2.08. The number of aromatic amines is 1. The summed E-state index contributed by atoms with van der Waals surface area (Å²) >= 11 is 0. The van der Waals surface area contributed by atoms with Gasteiger partial charge in [0.1, 0.15) is 6.04 Å². The molecule has 59 valence electrons. The van der Waals surface area contributed by atoms with Crippen molar-refractivity contribution >= 4 is 5.97 Å². The molecule has 0 aromatic carbocycles. The van der Waals surface area contributed by atoms with Crippen LogP contribution in [0.3, 0.4) is 0 Å². The average Bonchev–Trinajstić information content (AvgIpc) is 2.39. The minimum atomic E-state index is -1.08. The molecular formula is C6H8N3O2. The highest BCUT2D eigenvalue weighted by molar-refractivity contribution is 5.81. The molecule has 4 N–H and O–H groups in total. The second kappa shape index (κ2) is 3.16. The molecule has 0 bridgehead atoms. The van der Waals surface area contributed by atoms with Crippen molar-refractivity contribution in [2.24, 2.45) is 5.73 Å². The number of carbonyl (C=O) groups is 1. The van der Waals surface area contributed by atoms with Crippen LogP contribution < -0.4 is 5.73 Å². The van der Waals surface area contributed by atoms with Crippen molar-refractivity contribution in [1.82, 2.24) is 9.97 Å². The standard InChI is InChI=1S/C6H8N3O2/c7-5(6(10)11)1-4-2-8-3-9-4/h2-3H,1,7H2,(H,8,9)(H,10,11). The number of carboxylic acid groups (broad SMARTS) is 1. The monoisotopic (exact) mass is 154 g/mol. The number of carboxylic acids is 1. The van der Waals surface area contributed by atoms with E-state index in [-0.39, 0.29) is 12.5 Å². The Morgan fingerprint density at radius 3 is 3.00 bits per heavy atom. The van der Waals surface area contributed by atoms with Gasteiger partial charge in [-0.25, -0.2) is 4.98 Å². The first-order valence-electron chi connectivity index (χ1n) is 3.02. The summed E-state index contributed by atoms with van der Waals surface area (Å²) in [5.74, 6) is -1.08. The summed E-state index contributed by atoms with van der Waals surface area (Å²) in [7, 11) is 0. The lowest BCUT2D eigenvalue weighted by Gasteiger charge is -2.00. The zero-order valence-corrected chi connectivity index (χ0v) is 5.74. The quantitative estimate of drug-likeness (QED) is 0.548. The minimum absolute atomic E-state index is 0.0887. The van der Waals surface area contributed by atoms with Crippen molar-refractivity contribution in [3.8, 4) is 0 Å². The Kier molecular flexibility index (Phi) is 2.22. The molecule has 0 unspecified atom stereocenters. The zero-order valence-electron chi connectivity index (χ0n) is 5.74. The van der Waals surface area contributed by atoms with Crippen LogP contribution in [0.1, 0.15) is 5.69 Å². The van der Waals surface area contributed by atoms with Gasteiger partial charge in [-0.2, -0.15) is 0 Å². The van der Waals surface area contributed by atoms with Crippen LogP contribution in [0.15, 0.2) is 12.5 Å². The van der Waals surface area contributed by atoms with Crippen molar-refractivity contribution in [1.29, 1.82) is 0 Å². The van der Waals surface area contributed by atoms with Gasteiger partial charge >= 0.3 is 5.97 Å². The molecule has 0 saturated carbocycles. The SMILES string of the molecule is N[C](Cc1cnc[nH]1)C(=O)O. The van der Waals surface area contributed by atoms with E-state index in [4.69, 9.17) is 10.8 Å². The van der Waals surface area contributed by atoms with Crippen LogP contribution in [0.5, 0.6) is 0 Å². The predicted molar refractivity (Wildman–Crippen MR) is 37.4 cm³/mol. The van der Waals surface area contributed by atoms with Gasteiger partial charge in [-0.3, -0.25) is 4.79 Å². The normalized spacial score (nSPS) is 10.4. The zero-order chi connectivity index (χ0) is 8.27. The van der Waals surface area contributed by atoms with Crippen LogP contribution in [0.25, 0.3) is 0 Å². The molecule has 0 saturated heterocycles. The number of nitrogens with zero attached hydrogens (tertiary/aromatic N) is 1.